The average Bonchev–Trinajstić information content (AvgIpc) is 2.70. The van der Waals surface area contributed by atoms with Crippen LogP contribution in [0.4, 0.5) is 5.69 Å². The predicted octanol–water partition coefficient (Wildman–Crippen LogP) is 2.49. The van der Waals surface area contributed by atoms with E-state index < -0.39 is 5.97 Å². The van der Waals surface area contributed by atoms with E-state index in [0.717, 1.165) is 10.2 Å². The van der Waals surface area contributed by atoms with Crippen LogP contribution in [0.5, 0.6) is 0 Å². The van der Waals surface area contributed by atoms with Gasteiger partial charge in [0.25, 0.3) is 0 Å². The normalized spacial score (nSPS) is 10.3. The molecule has 0 saturated heterocycles. The van der Waals surface area contributed by atoms with E-state index in [1.165, 1.54) is 6.20 Å². The highest BCUT2D eigenvalue weighted by Crippen LogP contribution is 2.22. The van der Waals surface area contributed by atoms with E-state index in [1.807, 2.05) is 24.3 Å². The fourth-order valence-electron chi connectivity index (χ4n) is 1.63. The van der Waals surface area contributed by atoms with Crippen LogP contribution in [-0.2, 0) is 13.6 Å². The van der Waals surface area contributed by atoms with Gasteiger partial charge in [0.05, 0.1) is 18.4 Å². The minimum absolute atomic E-state index is 0.219. The fourth-order valence-corrected chi connectivity index (χ4v) is 2.06. The molecule has 0 radical (unpaired) electrons. The first-order valence-electron chi connectivity index (χ1n) is 5.32. The number of hydrogen-bond acceptors (Lipinski definition) is 3. The lowest BCUT2D eigenvalue weighted by Crippen LogP contribution is -2.10. The molecule has 1 aromatic heterocycles. The molecule has 1 aromatic carbocycles. The molecular formula is C12H12BrN3O2. The average molecular weight is 310 g/mol. The second-order valence-electron chi connectivity index (χ2n) is 3.77. The van der Waals surface area contributed by atoms with Gasteiger partial charge in [-0.3, -0.25) is 4.68 Å². The Morgan fingerprint density at radius 1 is 1.50 bits per heavy atom. The standard InChI is InChI=1S/C12H12BrN3O2/c1-16-11(8(6-15-16)12(17)18)7-14-10-5-3-2-4-9(10)13/h2-6,14H,7H2,1H3,(H,17,18). The highest BCUT2D eigenvalue weighted by atomic mass is 79.9. The second kappa shape index (κ2) is 5.22. The number of aromatic nitrogens is 2. The highest BCUT2D eigenvalue weighted by molar-refractivity contribution is 9.10. The number of halogens is 1. The maximum absolute atomic E-state index is 11.0. The van der Waals surface area contributed by atoms with Crippen molar-refractivity contribution >= 4 is 27.6 Å². The zero-order chi connectivity index (χ0) is 13.1. The second-order valence-corrected chi connectivity index (χ2v) is 4.62. The molecule has 0 aliphatic heterocycles. The molecule has 0 bridgehead atoms. The van der Waals surface area contributed by atoms with Gasteiger partial charge >= 0.3 is 5.97 Å². The molecule has 1 heterocycles. The van der Waals surface area contributed by atoms with Gasteiger partial charge in [-0.25, -0.2) is 4.79 Å². The number of rotatable bonds is 4. The summed E-state index contributed by atoms with van der Waals surface area (Å²) in [7, 11) is 1.73. The number of anilines is 1. The number of carbonyl (C=O) groups is 1. The Bertz CT molecular complexity index is 580. The van der Waals surface area contributed by atoms with Crippen molar-refractivity contribution in [2.24, 2.45) is 7.05 Å². The van der Waals surface area contributed by atoms with Gasteiger partial charge in [-0.2, -0.15) is 5.10 Å². The Morgan fingerprint density at radius 3 is 2.89 bits per heavy atom. The van der Waals surface area contributed by atoms with E-state index in [4.69, 9.17) is 5.11 Å². The van der Waals surface area contributed by atoms with Crippen LogP contribution in [0.1, 0.15) is 16.1 Å². The predicted molar refractivity (Wildman–Crippen MR) is 71.6 cm³/mol. The van der Waals surface area contributed by atoms with Gasteiger partial charge in [-0.05, 0) is 28.1 Å². The Hall–Kier alpha value is -1.82. The number of aryl methyl sites for hydroxylation is 1. The number of nitrogens with zero attached hydrogens (tertiary/aromatic N) is 2. The Morgan fingerprint density at radius 2 is 2.22 bits per heavy atom. The van der Waals surface area contributed by atoms with E-state index in [9.17, 15) is 4.79 Å². The molecule has 0 unspecified atom stereocenters. The minimum atomic E-state index is -0.966. The summed E-state index contributed by atoms with van der Waals surface area (Å²) in [6.07, 6.45) is 1.36. The first-order valence-corrected chi connectivity index (χ1v) is 6.11. The van der Waals surface area contributed by atoms with Crippen LogP contribution in [0.15, 0.2) is 34.9 Å². The molecule has 0 aliphatic rings. The summed E-state index contributed by atoms with van der Waals surface area (Å²) in [5.74, 6) is -0.966. The lowest BCUT2D eigenvalue weighted by Gasteiger charge is -2.09. The quantitative estimate of drug-likeness (QED) is 0.910. The SMILES string of the molecule is Cn1ncc(C(=O)O)c1CNc1ccccc1Br. The van der Waals surface area contributed by atoms with Gasteiger partial charge in [0.15, 0.2) is 0 Å². The van der Waals surface area contributed by atoms with E-state index >= 15 is 0 Å². The van der Waals surface area contributed by atoms with Crippen LogP contribution in [0, 0.1) is 0 Å². The van der Waals surface area contributed by atoms with Crippen LogP contribution in [0.2, 0.25) is 0 Å². The summed E-state index contributed by atoms with van der Waals surface area (Å²) in [6.45, 7) is 0.404. The first-order chi connectivity index (χ1) is 8.59. The zero-order valence-electron chi connectivity index (χ0n) is 9.72. The fraction of sp³-hybridized carbons (Fsp3) is 0.167. The molecule has 0 aliphatic carbocycles. The molecule has 0 atom stereocenters. The molecule has 2 rings (SSSR count). The van der Waals surface area contributed by atoms with Gasteiger partial charge in [-0.1, -0.05) is 12.1 Å². The molecule has 0 spiro atoms. The zero-order valence-corrected chi connectivity index (χ0v) is 11.3. The lowest BCUT2D eigenvalue weighted by atomic mass is 10.2. The topological polar surface area (TPSA) is 67.2 Å². The smallest absolute Gasteiger partial charge is 0.339 e. The van der Waals surface area contributed by atoms with Crippen LogP contribution in [0.3, 0.4) is 0 Å². The van der Waals surface area contributed by atoms with Gasteiger partial charge in [0.2, 0.25) is 0 Å². The summed E-state index contributed by atoms with van der Waals surface area (Å²) in [6, 6.07) is 7.67. The van der Waals surface area contributed by atoms with Crippen molar-refractivity contribution in [3.8, 4) is 0 Å². The van der Waals surface area contributed by atoms with Crippen LogP contribution < -0.4 is 5.32 Å². The van der Waals surface area contributed by atoms with Gasteiger partial charge < -0.3 is 10.4 Å². The monoisotopic (exact) mass is 309 g/mol. The number of aromatic carboxylic acids is 1. The largest absolute Gasteiger partial charge is 0.478 e. The molecule has 18 heavy (non-hydrogen) atoms. The first kappa shape index (κ1) is 12.6. The van der Waals surface area contributed by atoms with Gasteiger partial charge in [-0.15, -0.1) is 0 Å². The van der Waals surface area contributed by atoms with Crippen molar-refractivity contribution in [3.63, 3.8) is 0 Å². The van der Waals surface area contributed by atoms with Crippen molar-refractivity contribution in [2.45, 2.75) is 6.54 Å². The maximum atomic E-state index is 11.0. The number of hydrogen-bond donors (Lipinski definition) is 2. The molecule has 2 aromatic rings. The summed E-state index contributed by atoms with van der Waals surface area (Å²) >= 11 is 3.43. The molecule has 94 valence electrons. The Labute approximate surface area is 113 Å². The van der Waals surface area contributed by atoms with E-state index in [0.29, 0.717) is 12.2 Å². The van der Waals surface area contributed by atoms with Crippen LogP contribution >= 0.6 is 15.9 Å². The van der Waals surface area contributed by atoms with Crippen LogP contribution in [-0.4, -0.2) is 20.9 Å². The maximum Gasteiger partial charge on any atom is 0.339 e. The molecule has 0 amide bonds. The highest BCUT2D eigenvalue weighted by Gasteiger charge is 2.14. The molecule has 5 nitrogen and oxygen atoms in total. The molecule has 6 heteroatoms. The molecule has 0 fully saturated rings. The number of carboxylic acids is 1. The van der Waals surface area contributed by atoms with Crippen LogP contribution in [0.25, 0.3) is 0 Å². The van der Waals surface area contributed by atoms with Crippen molar-refractivity contribution in [2.75, 3.05) is 5.32 Å². The van der Waals surface area contributed by atoms with Crippen molar-refractivity contribution in [3.05, 3.63) is 46.2 Å². The third-order valence-electron chi connectivity index (χ3n) is 2.61. The van der Waals surface area contributed by atoms with E-state index in [-0.39, 0.29) is 5.56 Å². The van der Waals surface area contributed by atoms with Gasteiger partial charge in [0, 0.05) is 17.2 Å². The Kier molecular flexibility index (Phi) is 3.66. The number of para-hydroxylation sites is 1. The van der Waals surface area contributed by atoms with Crippen molar-refractivity contribution in [1.29, 1.82) is 0 Å². The third-order valence-corrected chi connectivity index (χ3v) is 3.30. The van der Waals surface area contributed by atoms with Crippen molar-refractivity contribution in [1.82, 2.24) is 9.78 Å². The minimum Gasteiger partial charge on any atom is -0.478 e. The van der Waals surface area contributed by atoms with E-state index in [2.05, 4.69) is 26.3 Å². The number of carboxylic acid groups (broad SMARTS) is 1. The number of benzene rings is 1. The summed E-state index contributed by atoms with van der Waals surface area (Å²) in [5.41, 5.74) is 1.77. The van der Waals surface area contributed by atoms with E-state index in [1.54, 1.807) is 11.7 Å². The lowest BCUT2D eigenvalue weighted by molar-refractivity contribution is 0.0695. The third kappa shape index (κ3) is 2.53. The molecular weight excluding hydrogens is 298 g/mol. The molecule has 0 saturated carbocycles. The van der Waals surface area contributed by atoms with Crippen molar-refractivity contribution < 1.29 is 9.90 Å². The Balaban J connectivity index is 2.18. The number of nitrogens with one attached hydrogen (secondary N) is 1. The summed E-state index contributed by atoms with van der Waals surface area (Å²) < 4.78 is 2.50. The summed E-state index contributed by atoms with van der Waals surface area (Å²) in [5, 5.41) is 16.2. The molecule has 2 N–H and O–H groups in total. The van der Waals surface area contributed by atoms with Gasteiger partial charge in [0.1, 0.15) is 5.56 Å². The summed E-state index contributed by atoms with van der Waals surface area (Å²) in [4.78, 5) is 11.0.